The summed E-state index contributed by atoms with van der Waals surface area (Å²) in [5.74, 6) is -1.58. The summed E-state index contributed by atoms with van der Waals surface area (Å²) >= 11 is 0. The van der Waals surface area contributed by atoms with E-state index in [1.165, 1.54) is 6.92 Å². The third kappa shape index (κ3) is 2.72. The number of hydrogen-bond donors (Lipinski definition) is 0. The summed E-state index contributed by atoms with van der Waals surface area (Å²) in [4.78, 5) is 24.8. The van der Waals surface area contributed by atoms with E-state index in [2.05, 4.69) is 12.1 Å². The van der Waals surface area contributed by atoms with E-state index in [0.717, 1.165) is 12.0 Å². The van der Waals surface area contributed by atoms with Crippen molar-refractivity contribution in [2.24, 2.45) is 17.3 Å². The molecule has 1 aromatic rings. The molecule has 0 saturated heterocycles. The molecule has 3 rings (SSSR count). The van der Waals surface area contributed by atoms with Crippen molar-refractivity contribution in [3.63, 3.8) is 0 Å². The van der Waals surface area contributed by atoms with E-state index >= 15 is 0 Å². The van der Waals surface area contributed by atoms with Crippen LogP contribution in [-0.2, 0) is 19.1 Å². The summed E-state index contributed by atoms with van der Waals surface area (Å²) in [5, 5.41) is 9.99. The average molecular weight is 339 g/mol. The zero-order valence-corrected chi connectivity index (χ0v) is 14.3. The van der Waals surface area contributed by atoms with Crippen molar-refractivity contribution in [1.82, 2.24) is 0 Å². The Morgan fingerprint density at radius 2 is 2.04 bits per heavy atom. The fourth-order valence-electron chi connectivity index (χ4n) is 4.09. The number of esters is 2. The average Bonchev–Trinajstić information content (AvgIpc) is 3.22. The molecule has 1 aromatic carbocycles. The van der Waals surface area contributed by atoms with Crippen molar-refractivity contribution < 1.29 is 19.1 Å². The van der Waals surface area contributed by atoms with Gasteiger partial charge in [-0.25, -0.2) is 4.79 Å². The number of carbonyl (C=O) groups excluding carboxylic acids is 2. The predicted molar refractivity (Wildman–Crippen MR) is 90.2 cm³/mol. The molecule has 0 N–H and O–H groups in total. The molecular weight excluding hydrogens is 318 g/mol. The van der Waals surface area contributed by atoms with Crippen LogP contribution in [-0.4, -0.2) is 24.6 Å². The van der Waals surface area contributed by atoms with E-state index in [1.807, 2.05) is 36.4 Å². The smallest absolute Gasteiger partial charge is 0.347 e. The van der Waals surface area contributed by atoms with E-state index in [0.29, 0.717) is 0 Å². The maximum Gasteiger partial charge on any atom is 0.347 e. The van der Waals surface area contributed by atoms with Crippen LogP contribution < -0.4 is 0 Å². The van der Waals surface area contributed by atoms with Crippen molar-refractivity contribution in [1.29, 1.82) is 5.26 Å². The molecule has 0 aliphatic heterocycles. The first-order chi connectivity index (χ1) is 12.0. The number of fused-ring (bicyclic) bond motifs is 2. The Labute approximate surface area is 147 Å². The first-order valence-corrected chi connectivity index (χ1v) is 8.56. The van der Waals surface area contributed by atoms with Crippen LogP contribution in [0.1, 0.15) is 31.7 Å². The fourth-order valence-corrected chi connectivity index (χ4v) is 4.09. The topological polar surface area (TPSA) is 76.4 Å². The molecular formula is C20H21NO4. The lowest BCUT2D eigenvalue weighted by Crippen LogP contribution is -2.43. The van der Waals surface area contributed by atoms with E-state index in [-0.39, 0.29) is 24.4 Å². The molecule has 5 heteroatoms. The van der Waals surface area contributed by atoms with Crippen LogP contribution in [0.15, 0.2) is 42.5 Å². The standard InChI is InChI=1S/C20H21NO4/c1-3-24-18(22)13(2)25-19(23)20(12-21)16-10-9-15(11-16)17(20)14-7-5-4-6-8-14/h4-10,13,15-17H,3,11H2,1-2H3/t13-,15+,16-,17-,20-/m0/s1. The van der Waals surface area contributed by atoms with Gasteiger partial charge in [0.1, 0.15) is 0 Å². The number of hydrogen-bond acceptors (Lipinski definition) is 5. The minimum atomic E-state index is -1.30. The Morgan fingerprint density at radius 3 is 2.68 bits per heavy atom. The van der Waals surface area contributed by atoms with E-state index in [9.17, 15) is 14.9 Å². The van der Waals surface area contributed by atoms with Gasteiger partial charge in [-0.15, -0.1) is 0 Å². The lowest BCUT2D eigenvalue weighted by Gasteiger charge is -2.34. The van der Waals surface area contributed by atoms with Gasteiger partial charge in [0.05, 0.1) is 12.7 Å². The van der Waals surface area contributed by atoms with Crippen molar-refractivity contribution >= 4 is 11.9 Å². The largest absolute Gasteiger partial charge is 0.463 e. The zero-order valence-electron chi connectivity index (χ0n) is 14.3. The lowest BCUT2D eigenvalue weighted by atomic mass is 9.66. The molecule has 0 spiro atoms. The molecule has 1 saturated carbocycles. The minimum Gasteiger partial charge on any atom is -0.463 e. The molecule has 2 aliphatic rings. The summed E-state index contributed by atoms with van der Waals surface area (Å²) in [6, 6.07) is 11.8. The van der Waals surface area contributed by atoms with Crippen LogP contribution >= 0.6 is 0 Å². The van der Waals surface area contributed by atoms with Gasteiger partial charge in [-0.1, -0.05) is 42.5 Å². The lowest BCUT2D eigenvalue weighted by molar-refractivity contribution is -0.172. The number of carbonyl (C=O) groups is 2. The third-order valence-electron chi connectivity index (χ3n) is 5.20. The van der Waals surface area contributed by atoms with Crippen molar-refractivity contribution in [2.45, 2.75) is 32.3 Å². The van der Waals surface area contributed by atoms with Crippen LogP contribution in [0.3, 0.4) is 0 Å². The highest BCUT2D eigenvalue weighted by atomic mass is 16.6. The highest BCUT2D eigenvalue weighted by Crippen LogP contribution is 2.61. The third-order valence-corrected chi connectivity index (χ3v) is 5.20. The number of nitriles is 1. The molecule has 5 nitrogen and oxygen atoms in total. The van der Waals surface area contributed by atoms with E-state index in [4.69, 9.17) is 9.47 Å². The van der Waals surface area contributed by atoms with E-state index < -0.39 is 23.5 Å². The summed E-state index contributed by atoms with van der Waals surface area (Å²) < 4.78 is 10.3. The van der Waals surface area contributed by atoms with Crippen molar-refractivity contribution in [3.8, 4) is 6.07 Å². The van der Waals surface area contributed by atoms with Gasteiger partial charge in [-0.3, -0.25) is 4.79 Å². The van der Waals surface area contributed by atoms with Gasteiger partial charge in [0.2, 0.25) is 0 Å². The van der Waals surface area contributed by atoms with Crippen molar-refractivity contribution in [2.75, 3.05) is 6.61 Å². The second-order valence-electron chi connectivity index (χ2n) is 6.56. The number of nitrogens with zero attached hydrogens (tertiary/aromatic N) is 1. The van der Waals surface area contributed by atoms with Crippen LogP contribution in [0.4, 0.5) is 0 Å². The summed E-state index contributed by atoms with van der Waals surface area (Å²) in [6.07, 6.45) is 3.73. The Kier molecular flexibility index (Phi) is 4.63. The fraction of sp³-hybridized carbons (Fsp3) is 0.450. The molecule has 0 unspecified atom stereocenters. The van der Waals surface area contributed by atoms with Crippen LogP contribution in [0.2, 0.25) is 0 Å². The second-order valence-corrected chi connectivity index (χ2v) is 6.56. The molecule has 25 heavy (non-hydrogen) atoms. The SMILES string of the molecule is CCOC(=O)[C@H](C)OC(=O)[C@@]1(C#N)[C@H]2C=C[C@H](C2)[C@@H]1c1ccccc1. The maximum atomic E-state index is 13.0. The first-order valence-electron chi connectivity index (χ1n) is 8.56. The summed E-state index contributed by atoms with van der Waals surface area (Å²) in [7, 11) is 0. The number of allylic oxidation sites excluding steroid dienone is 2. The van der Waals surface area contributed by atoms with Gasteiger partial charge in [0.15, 0.2) is 11.5 Å². The molecule has 0 amide bonds. The second kappa shape index (κ2) is 6.72. The molecule has 2 aliphatic carbocycles. The van der Waals surface area contributed by atoms with Crippen LogP contribution in [0, 0.1) is 28.6 Å². The monoisotopic (exact) mass is 339 g/mol. The summed E-state index contributed by atoms with van der Waals surface area (Å²) in [5.41, 5.74) is -0.358. The quantitative estimate of drug-likeness (QED) is 0.609. The predicted octanol–water partition coefficient (Wildman–Crippen LogP) is 2.98. The van der Waals surface area contributed by atoms with Gasteiger partial charge in [0, 0.05) is 11.8 Å². The van der Waals surface area contributed by atoms with Crippen LogP contribution in [0.25, 0.3) is 0 Å². The normalized spacial score (nSPS) is 30.5. The van der Waals surface area contributed by atoms with Gasteiger partial charge in [-0.05, 0) is 31.7 Å². The Bertz CT molecular complexity index is 736. The first kappa shape index (κ1) is 17.2. The molecule has 0 radical (unpaired) electrons. The highest BCUT2D eigenvalue weighted by Gasteiger charge is 2.63. The van der Waals surface area contributed by atoms with Gasteiger partial charge in [0.25, 0.3) is 0 Å². The number of benzene rings is 1. The Balaban J connectivity index is 1.92. The number of rotatable bonds is 5. The molecule has 1 fully saturated rings. The van der Waals surface area contributed by atoms with Crippen molar-refractivity contribution in [3.05, 3.63) is 48.0 Å². The zero-order chi connectivity index (χ0) is 18.0. The molecule has 0 aromatic heterocycles. The molecule has 2 bridgehead atoms. The maximum absolute atomic E-state index is 13.0. The van der Waals surface area contributed by atoms with Gasteiger partial charge in [-0.2, -0.15) is 5.26 Å². The molecule has 0 heterocycles. The Hall–Kier alpha value is -2.61. The highest BCUT2D eigenvalue weighted by molar-refractivity contribution is 5.86. The van der Waals surface area contributed by atoms with Crippen LogP contribution in [0.5, 0.6) is 0 Å². The van der Waals surface area contributed by atoms with Gasteiger partial charge >= 0.3 is 11.9 Å². The minimum absolute atomic E-state index is 0.123. The Morgan fingerprint density at radius 1 is 1.32 bits per heavy atom. The summed E-state index contributed by atoms with van der Waals surface area (Å²) in [6.45, 7) is 3.38. The number of ether oxygens (including phenoxy) is 2. The van der Waals surface area contributed by atoms with Gasteiger partial charge < -0.3 is 9.47 Å². The van der Waals surface area contributed by atoms with E-state index in [1.54, 1.807) is 6.92 Å². The molecule has 130 valence electrons. The molecule has 5 atom stereocenters.